The van der Waals surface area contributed by atoms with Crippen LogP contribution in [0, 0.1) is 0 Å². The molecule has 0 aromatic heterocycles. The molecule has 0 aliphatic carbocycles. The second kappa shape index (κ2) is 38.8. The number of hydrogen-bond acceptors (Lipinski definition) is 5. The first-order valence-electron chi connectivity index (χ1n) is 21.1. The van der Waals surface area contributed by atoms with Gasteiger partial charge < -0.3 is 20.3 Å². The van der Waals surface area contributed by atoms with E-state index in [1.54, 1.807) is 0 Å². The number of esters is 1. The molecule has 0 bridgehead atoms. The molecule has 294 valence electrons. The lowest BCUT2D eigenvalue weighted by atomic mass is 10.0. The van der Waals surface area contributed by atoms with E-state index in [-0.39, 0.29) is 24.9 Å². The Kier molecular flexibility index (Phi) is 36.9. The normalized spacial score (nSPS) is 14.1. The fourth-order valence-corrected chi connectivity index (χ4v) is 6.05. The molecule has 3 N–H and O–H groups in total. The summed E-state index contributed by atoms with van der Waals surface area (Å²) in [7, 11) is 0. The molecule has 0 aliphatic rings. The highest BCUT2D eigenvalue weighted by molar-refractivity contribution is 5.77. The van der Waals surface area contributed by atoms with E-state index in [0.717, 1.165) is 51.4 Å². The van der Waals surface area contributed by atoms with Crippen molar-refractivity contribution in [3.8, 4) is 0 Å². The number of aliphatic hydroxyl groups is 2. The van der Waals surface area contributed by atoms with Gasteiger partial charge in [-0.1, -0.05) is 197 Å². The third-order valence-corrected chi connectivity index (χ3v) is 9.24. The summed E-state index contributed by atoms with van der Waals surface area (Å²) in [5.41, 5.74) is 0. The van der Waals surface area contributed by atoms with Gasteiger partial charge in [0.05, 0.1) is 25.2 Å². The lowest BCUT2D eigenvalue weighted by Crippen LogP contribution is -2.46. The molecule has 3 atom stereocenters. The van der Waals surface area contributed by atoms with Gasteiger partial charge in [0.25, 0.3) is 0 Å². The number of ether oxygens (including phenoxy) is 1. The zero-order valence-electron chi connectivity index (χ0n) is 33.2. The third kappa shape index (κ3) is 34.4. The minimum atomic E-state index is -0.796. The lowest BCUT2D eigenvalue weighted by Gasteiger charge is -2.24. The minimum absolute atomic E-state index is 0.0483. The van der Waals surface area contributed by atoms with Crippen LogP contribution in [-0.2, 0) is 14.3 Å². The molecule has 0 fully saturated rings. The average molecular weight is 714 g/mol. The first-order valence-corrected chi connectivity index (χ1v) is 21.1. The van der Waals surface area contributed by atoms with E-state index in [0.29, 0.717) is 25.7 Å². The van der Waals surface area contributed by atoms with Crippen molar-refractivity contribution in [2.75, 3.05) is 6.61 Å². The van der Waals surface area contributed by atoms with Crippen molar-refractivity contribution in [2.24, 2.45) is 0 Å². The standard InChI is InChI=1S/C45H79NO5/c1-4-7-10-13-16-19-21-22-23-26-29-32-35-38-45(50)51-41(36-33-30-27-25-20-17-14-11-8-5-2)39-44(49)46-42(40-47)43(48)37-34-31-28-24-18-15-12-9-6-3/h7,10,13,16,19,21-23,26,29,41-43,47-48H,4-6,8-9,11-12,14-15,17-18,20,24-25,27-28,30-40H2,1-3H3,(H,46,49)/b10-7+,16-13+,21-19-,23-22-,29-26+. The summed E-state index contributed by atoms with van der Waals surface area (Å²) in [6.45, 7) is 6.26. The topological polar surface area (TPSA) is 95.9 Å². The number of carbonyl (C=O) groups excluding carboxylic acids is 2. The summed E-state index contributed by atoms with van der Waals surface area (Å²) in [5.74, 6) is -0.568. The van der Waals surface area contributed by atoms with E-state index < -0.39 is 18.2 Å². The first kappa shape index (κ1) is 48.6. The number of nitrogens with one attached hydrogen (secondary N) is 1. The molecular formula is C45H79NO5. The molecule has 0 aliphatic heterocycles. The summed E-state index contributed by atoms with van der Waals surface area (Å²) in [5, 5.41) is 23.5. The molecule has 3 unspecified atom stereocenters. The maximum atomic E-state index is 13.0. The fourth-order valence-electron chi connectivity index (χ4n) is 6.05. The van der Waals surface area contributed by atoms with Crippen molar-refractivity contribution < 1.29 is 24.5 Å². The fraction of sp³-hybridized carbons (Fsp3) is 0.733. The number of carbonyl (C=O) groups is 2. The van der Waals surface area contributed by atoms with E-state index in [9.17, 15) is 19.8 Å². The van der Waals surface area contributed by atoms with Crippen molar-refractivity contribution in [2.45, 2.75) is 206 Å². The monoisotopic (exact) mass is 714 g/mol. The number of aliphatic hydroxyl groups excluding tert-OH is 2. The highest BCUT2D eigenvalue weighted by Crippen LogP contribution is 2.17. The van der Waals surface area contributed by atoms with Gasteiger partial charge >= 0.3 is 5.97 Å². The van der Waals surface area contributed by atoms with Gasteiger partial charge in [-0.3, -0.25) is 9.59 Å². The van der Waals surface area contributed by atoms with Crippen LogP contribution in [0.5, 0.6) is 0 Å². The second-order valence-electron chi connectivity index (χ2n) is 14.1. The summed E-state index contributed by atoms with van der Waals surface area (Å²) < 4.78 is 5.84. The summed E-state index contributed by atoms with van der Waals surface area (Å²) in [4.78, 5) is 25.8. The molecular weight excluding hydrogens is 634 g/mol. The van der Waals surface area contributed by atoms with Crippen molar-refractivity contribution in [1.82, 2.24) is 5.32 Å². The molecule has 0 rings (SSSR count). The van der Waals surface area contributed by atoms with Crippen molar-refractivity contribution in [1.29, 1.82) is 0 Å². The Bertz CT molecular complexity index is 937. The number of unbranched alkanes of at least 4 members (excludes halogenated alkanes) is 18. The van der Waals surface area contributed by atoms with Gasteiger partial charge in [-0.05, 0) is 38.5 Å². The Balaban J connectivity index is 4.73. The van der Waals surface area contributed by atoms with Crippen LogP contribution in [0.2, 0.25) is 0 Å². The van der Waals surface area contributed by atoms with Crippen molar-refractivity contribution in [3.63, 3.8) is 0 Å². The Morgan fingerprint density at radius 1 is 0.588 bits per heavy atom. The Hall–Kier alpha value is -2.44. The van der Waals surface area contributed by atoms with Crippen LogP contribution in [0.4, 0.5) is 0 Å². The Morgan fingerprint density at radius 2 is 1.04 bits per heavy atom. The third-order valence-electron chi connectivity index (χ3n) is 9.24. The van der Waals surface area contributed by atoms with Crippen molar-refractivity contribution >= 4 is 11.9 Å². The van der Waals surface area contributed by atoms with Crippen LogP contribution in [-0.4, -0.2) is 46.9 Å². The molecule has 6 heteroatoms. The van der Waals surface area contributed by atoms with Gasteiger partial charge in [0.2, 0.25) is 5.91 Å². The zero-order valence-corrected chi connectivity index (χ0v) is 33.2. The van der Waals surface area contributed by atoms with Crippen LogP contribution < -0.4 is 5.32 Å². The largest absolute Gasteiger partial charge is 0.462 e. The maximum absolute atomic E-state index is 13.0. The lowest BCUT2D eigenvalue weighted by molar-refractivity contribution is -0.151. The average Bonchev–Trinajstić information content (AvgIpc) is 3.12. The van der Waals surface area contributed by atoms with Crippen LogP contribution in [0.15, 0.2) is 60.8 Å². The van der Waals surface area contributed by atoms with E-state index in [4.69, 9.17) is 4.74 Å². The smallest absolute Gasteiger partial charge is 0.306 e. The van der Waals surface area contributed by atoms with Crippen molar-refractivity contribution in [3.05, 3.63) is 60.8 Å². The number of allylic oxidation sites excluding steroid dienone is 10. The summed E-state index contributed by atoms with van der Waals surface area (Å²) in [6, 6.07) is -0.712. The number of rotatable bonds is 36. The van der Waals surface area contributed by atoms with E-state index in [1.165, 1.54) is 83.5 Å². The Labute approximate surface area is 314 Å². The van der Waals surface area contributed by atoms with E-state index in [2.05, 4.69) is 32.2 Å². The number of hydrogen-bond donors (Lipinski definition) is 3. The molecule has 51 heavy (non-hydrogen) atoms. The van der Waals surface area contributed by atoms with Crippen LogP contribution >= 0.6 is 0 Å². The molecule has 0 saturated heterocycles. The first-order chi connectivity index (χ1) is 25.0. The molecule has 0 aromatic carbocycles. The van der Waals surface area contributed by atoms with Crippen LogP contribution in [0.25, 0.3) is 0 Å². The van der Waals surface area contributed by atoms with Crippen LogP contribution in [0.3, 0.4) is 0 Å². The van der Waals surface area contributed by atoms with Gasteiger partial charge in [-0.25, -0.2) is 0 Å². The van der Waals surface area contributed by atoms with Gasteiger partial charge in [-0.2, -0.15) is 0 Å². The highest BCUT2D eigenvalue weighted by Gasteiger charge is 2.24. The second-order valence-corrected chi connectivity index (χ2v) is 14.1. The molecule has 0 spiro atoms. The van der Waals surface area contributed by atoms with Gasteiger partial charge in [-0.15, -0.1) is 0 Å². The predicted octanol–water partition coefficient (Wildman–Crippen LogP) is 11.7. The predicted molar refractivity (Wildman–Crippen MR) is 218 cm³/mol. The van der Waals surface area contributed by atoms with E-state index >= 15 is 0 Å². The quantitative estimate of drug-likeness (QED) is 0.0341. The number of amides is 1. The SMILES string of the molecule is CC/C=C/C=C/C=C\C=C/C=C/CCCC(=O)OC(CCCCCCCCCCCC)CC(=O)NC(CO)C(O)CCCCCCCCCCC. The molecule has 1 amide bonds. The highest BCUT2D eigenvalue weighted by atomic mass is 16.5. The summed E-state index contributed by atoms with van der Waals surface area (Å²) >= 11 is 0. The maximum Gasteiger partial charge on any atom is 0.306 e. The molecule has 0 aromatic rings. The van der Waals surface area contributed by atoms with Gasteiger partial charge in [0.1, 0.15) is 6.10 Å². The minimum Gasteiger partial charge on any atom is -0.462 e. The molecule has 6 nitrogen and oxygen atoms in total. The molecule has 0 radical (unpaired) electrons. The van der Waals surface area contributed by atoms with Crippen LogP contribution in [0.1, 0.15) is 188 Å². The molecule has 0 heterocycles. The Morgan fingerprint density at radius 3 is 1.53 bits per heavy atom. The summed E-state index contributed by atoms with van der Waals surface area (Å²) in [6.07, 6.45) is 45.7. The zero-order chi connectivity index (χ0) is 37.5. The van der Waals surface area contributed by atoms with E-state index in [1.807, 2.05) is 54.7 Å². The van der Waals surface area contributed by atoms with Gasteiger partial charge in [0.15, 0.2) is 0 Å². The molecule has 0 saturated carbocycles. The van der Waals surface area contributed by atoms with Gasteiger partial charge in [0, 0.05) is 6.42 Å².